The molecule has 2 heterocycles. The summed E-state index contributed by atoms with van der Waals surface area (Å²) in [5.41, 5.74) is 3.25. The number of rotatable bonds is 4. The fourth-order valence-corrected chi connectivity index (χ4v) is 3.94. The number of amides is 1. The van der Waals surface area contributed by atoms with Crippen LogP contribution in [-0.2, 0) is 11.8 Å². The summed E-state index contributed by atoms with van der Waals surface area (Å²) >= 11 is 0. The Balaban J connectivity index is 1.47. The first-order valence-corrected chi connectivity index (χ1v) is 9.65. The number of nitrogens with zero attached hydrogens (tertiary/aromatic N) is 3. The summed E-state index contributed by atoms with van der Waals surface area (Å²) in [7, 11) is 2.05. The summed E-state index contributed by atoms with van der Waals surface area (Å²) in [4.78, 5) is 19.9. The summed E-state index contributed by atoms with van der Waals surface area (Å²) in [6.45, 7) is 3.69. The van der Waals surface area contributed by atoms with Crippen molar-refractivity contribution in [2.45, 2.75) is 25.8 Å². The van der Waals surface area contributed by atoms with Crippen LogP contribution < -0.4 is 10.2 Å². The molecule has 1 aliphatic rings. The standard InChI is InChI=1S/C22H26N4O/c1-16(17-9-4-3-5-10-17)23-21(27)18-11-8-14-26(15-18)22-24-19-12-6-7-13-20(19)25(22)2/h3-7,9-10,12-13,16,18H,8,11,14-15H2,1-2H3,(H,23,27)/t16-,18-/m1/s1. The number of para-hydroxylation sites is 2. The lowest BCUT2D eigenvalue weighted by Crippen LogP contribution is -2.44. The van der Waals surface area contributed by atoms with Gasteiger partial charge in [0.25, 0.3) is 0 Å². The maximum absolute atomic E-state index is 12.9. The second kappa shape index (κ2) is 7.43. The monoisotopic (exact) mass is 362 g/mol. The highest BCUT2D eigenvalue weighted by Gasteiger charge is 2.29. The van der Waals surface area contributed by atoms with Crippen molar-refractivity contribution in [3.05, 3.63) is 60.2 Å². The first-order valence-electron chi connectivity index (χ1n) is 9.65. The fourth-order valence-electron chi connectivity index (χ4n) is 3.94. The van der Waals surface area contributed by atoms with Crippen LogP contribution in [-0.4, -0.2) is 28.5 Å². The average Bonchev–Trinajstić information content (AvgIpc) is 3.05. The molecule has 0 radical (unpaired) electrons. The van der Waals surface area contributed by atoms with Crippen LogP contribution in [0.3, 0.4) is 0 Å². The van der Waals surface area contributed by atoms with Crippen molar-refractivity contribution in [1.82, 2.24) is 14.9 Å². The average molecular weight is 362 g/mol. The Morgan fingerprint density at radius 1 is 1.15 bits per heavy atom. The minimum Gasteiger partial charge on any atom is -0.349 e. The Kier molecular flexibility index (Phi) is 4.84. The highest BCUT2D eigenvalue weighted by Crippen LogP contribution is 2.26. The fraction of sp³-hybridized carbons (Fsp3) is 0.364. The molecule has 1 aromatic heterocycles. The van der Waals surface area contributed by atoms with Crippen molar-refractivity contribution < 1.29 is 4.79 Å². The Hall–Kier alpha value is -2.82. The molecule has 1 fully saturated rings. The van der Waals surface area contributed by atoms with Gasteiger partial charge in [-0.2, -0.15) is 0 Å². The summed E-state index contributed by atoms with van der Waals surface area (Å²) in [6, 6.07) is 18.3. The smallest absolute Gasteiger partial charge is 0.225 e. The van der Waals surface area contributed by atoms with E-state index in [1.54, 1.807) is 0 Å². The molecular weight excluding hydrogens is 336 g/mol. The molecule has 5 heteroatoms. The summed E-state index contributed by atoms with van der Waals surface area (Å²) in [5, 5.41) is 3.19. The van der Waals surface area contributed by atoms with Crippen molar-refractivity contribution in [3.8, 4) is 0 Å². The Bertz CT molecular complexity index is 934. The molecule has 3 aromatic rings. The van der Waals surface area contributed by atoms with Crippen LogP contribution in [0.5, 0.6) is 0 Å². The summed E-state index contributed by atoms with van der Waals surface area (Å²) in [5.74, 6) is 1.07. The second-order valence-corrected chi connectivity index (χ2v) is 7.39. The number of nitrogens with one attached hydrogen (secondary N) is 1. The molecule has 0 saturated carbocycles. The van der Waals surface area contributed by atoms with E-state index in [9.17, 15) is 4.79 Å². The van der Waals surface area contributed by atoms with Crippen LogP contribution in [0.15, 0.2) is 54.6 Å². The van der Waals surface area contributed by atoms with Gasteiger partial charge in [-0.3, -0.25) is 4.79 Å². The Morgan fingerprint density at radius 3 is 2.67 bits per heavy atom. The molecule has 1 saturated heterocycles. The first-order chi connectivity index (χ1) is 13.1. The number of anilines is 1. The lowest BCUT2D eigenvalue weighted by molar-refractivity contribution is -0.125. The van der Waals surface area contributed by atoms with Gasteiger partial charge in [0, 0.05) is 20.1 Å². The molecule has 5 nitrogen and oxygen atoms in total. The van der Waals surface area contributed by atoms with Gasteiger partial charge in [0.1, 0.15) is 0 Å². The molecule has 0 bridgehead atoms. The highest BCUT2D eigenvalue weighted by atomic mass is 16.2. The quantitative estimate of drug-likeness (QED) is 0.770. The third-order valence-electron chi connectivity index (χ3n) is 5.50. The Labute approximate surface area is 160 Å². The largest absolute Gasteiger partial charge is 0.349 e. The molecule has 0 spiro atoms. The Morgan fingerprint density at radius 2 is 1.89 bits per heavy atom. The normalized spacial score (nSPS) is 18.4. The first kappa shape index (κ1) is 17.6. The second-order valence-electron chi connectivity index (χ2n) is 7.39. The van der Waals surface area contributed by atoms with Gasteiger partial charge in [0.2, 0.25) is 11.9 Å². The lowest BCUT2D eigenvalue weighted by atomic mass is 9.96. The number of fused-ring (bicyclic) bond motifs is 1. The minimum absolute atomic E-state index is 0.00951. The number of carbonyl (C=O) groups is 1. The van der Waals surface area contributed by atoms with Gasteiger partial charge in [-0.1, -0.05) is 42.5 Å². The van der Waals surface area contributed by atoms with Crippen molar-refractivity contribution in [1.29, 1.82) is 0 Å². The van der Waals surface area contributed by atoms with Crippen molar-refractivity contribution >= 4 is 22.9 Å². The van der Waals surface area contributed by atoms with Crippen molar-refractivity contribution in [2.75, 3.05) is 18.0 Å². The van der Waals surface area contributed by atoms with Crippen LogP contribution in [0.4, 0.5) is 5.95 Å². The maximum atomic E-state index is 12.9. The number of benzene rings is 2. The van der Waals surface area contributed by atoms with Gasteiger partial charge < -0.3 is 14.8 Å². The number of aromatic nitrogens is 2. The summed E-state index contributed by atoms with van der Waals surface area (Å²) < 4.78 is 2.13. The minimum atomic E-state index is -0.00951. The van der Waals surface area contributed by atoms with E-state index in [0.29, 0.717) is 6.54 Å². The number of imidazole rings is 1. The van der Waals surface area contributed by atoms with Gasteiger partial charge in [-0.15, -0.1) is 0 Å². The number of hydrogen-bond acceptors (Lipinski definition) is 3. The maximum Gasteiger partial charge on any atom is 0.225 e. The van der Waals surface area contributed by atoms with Gasteiger partial charge in [-0.05, 0) is 37.5 Å². The number of aryl methyl sites for hydroxylation is 1. The third kappa shape index (κ3) is 3.54. The third-order valence-corrected chi connectivity index (χ3v) is 5.50. The molecule has 140 valence electrons. The zero-order valence-electron chi connectivity index (χ0n) is 15.9. The topological polar surface area (TPSA) is 50.2 Å². The van der Waals surface area contributed by atoms with Crippen molar-refractivity contribution in [3.63, 3.8) is 0 Å². The predicted octanol–water partition coefficient (Wildman–Crippen LogP) is 3.67. The van der Waals surface area contributed by atoms with Gasteiger partial charge >= 0.3 is 0 Å². The van der Waals surface area contributed by atoms with E-state index in [2.05, 4.69) is 33.0 Å². The molecule has 0 unspecified atom stereocenters. The van der Waals surface area contributed by atoms with E-state index in [1.807, 2.05) is 50.4 Å². The molecule has 27 heavy (non-hydrogen) atoms. The molecule has 1 amide bonds. The molecule has 2 atom stereocenters. The van der Waals surface area contributed by atoms with Crippen LogP contribution in [0.2, 0.25) is 0 Å². The van der Waals surface area contributed by atoms with E-state index in [-0.39, 0.29) is 17.9 Å². The lowest BCUT2D eigenvalue weighted by Gasteiger charge is -2.33. The van der Waals surface area contributed by atoms with Crippen LogP contribution in [0, 0.1) is 5.92 Å². The van der Waals surface area contributed by atoms with Gasteiger partial charge in [-0.25, -0.2) is 4.98 Å². The van der Waals surface area contributed by atoms with E-state index in [4.69, 9.17) is 4.98 Å². The molecule has 2 aromatic carbocycles. The van der Waals surface area contributed by atoms with Gasteiger partial charge in [0.05, 0.1) is 23.0 Å². The molecule has 0 aliphatic carbocycles. The zero-order valence-corrected chi connectivity index (χ0v) is 15.9. The number of carbonyl (C=O) groups excluding carboxylic acids is 1. The van der Waals surface area contributed by atoms with Crippen molar-refractivity contribution in [2.24, 2.45) is 13.0 Å². The van der Waals surface area contributed by atoms with Crippen LogP contribution >= 0.6 is 0 Å². The van der Waals surface area contributed by atoms with E-state index in [0.717, 1.165) is 41.9 Å². The van der Waals surface area contributed by atoms with Crippen LogP contribution in [0.1, 0.15) is 31.4 Å². The van der Waals surface area contributed by atoms with Gasteiger partial charge in [0.15, 0.2) is 0 Å². The SMILES string of the molecule is C[C@@H](NC(=O)[C@@H]1CCCN(c2nc3ccccc3n2C)C1)c1ccccc1. The molecule has 1 aliphatic heterocycles. The van der Waals surface area contributed by atoms with E-state index < -0.39 is 0 Å². The summed E-state index contributed by atoms with van der Waals surface area (Å²) in [6.07, 6.45) is 1.93. The molecule has 1 N–H and O–H groups in total. The highest BCUT2D eigenvalue weighted by molar-refractivity contribution is 5.81. The number of piperidine rings is 1. The van der Waals surface area contributed by atoms with E-state index >= 15 is 0 Å². The molecule has 4 rings (SSSR count). The predicted molar refractivity (Wildman–Crippen MR) is 109 cm³/mol. The van der Waals surface area contributed by atoms with Crippen LogP contribution in [0.25, 0.3) is 11.0 Å². The van der Waals surface area contributed by atoms with E-state index in [1.165, 1.54) is 0 Å². The molecular formula is C22H26N4O. The zero-order chi connectivity index (χ0) is 18.8. The number of hydrogen-bond donors (Lipinski definition) is 1.